The smallest absolute Gasteiger partial charge is 0.0629 e. The van der Waals surface area contributed by atoms with Gasteiger partial charge >= 0.3 is 0 Å². The van der Waals surface area contributed by atoms with Crippen molar-refractivity contribution in [2.45, 2.75) is 13.8 Å². The summed E-state index contributed by atoms with van der Waals surface area (Å²) in [6, 6.07) is 32.1. The Morgan fingerprint density at radius 1 is 0.793 bits per heavy atom. The number of para-hydroxylation sites is 1. The lowest BCUT2D eigenvalue weighted by molar-refractivity contribution is 0.631. The minimum atomic E-state index is -0.409. The van der Waals surface area contributed by atoms with Crippen molar-refractivity contribution in [3.63, 3.8) is 0 Å². The Labute approximate surface area is 174 Å². The standard InChI is InChI=1S/C27H24NP/c1-20-26(22-14-8-4-9-15-22)29-19-27(20,2)25(21-12-6-3-7-13-21)24(29)18-28-23-16-10-5-11-17-23/h3-18H,19H2,1-2H3. The van der Waals surface area contributed by atoms with E-state index in [9.17, 15) is 0 Å². The summed E-state index contributed by atoms with van der Waals surface area (Å²) in [7, 11) is -0.409. The molecule has 2 bridgehead atoms. The second-order valence-corrected chi connectivity index (χ2v) is 10.1. The fraction of sp³-hybridized carbons (Fsp3) is 0.148. The van der Waals surface area contributed by atoms with E-state index in [-0.39, 0.29) is 5.41 Å². The topological polar surface area (TPSA) is 12.4 Å². The lowest BCUT2D eigenvalue weighted by Gasteiger charge is -2.30. The molecule has 0 amide bonds. The SMILES string of the molecule is CC1=C(c2ccccc2)P2CC1(C)C(c1ccccc1)=C2C=Nc1ccccc1. The zero-order chi connectivity index (χ0) is 19.8. The molecule has 2 heterocycles. The predicted molar refractivity (Wildman–Crippen MR) is 127 cm³/mol. The van der Waals surface area contributed by atoms with Crippen LogP contribution >= 0.6 is 7.92 Å². The molecule has 2 unspecified atom stereocenters. The van der Waals surface area contributed by atoms with Crippen LogP contribution in [0.1, 0.15) is 25.0 Å². The number of fused-ring (bicyclic) bond motifs is 2. The van der Waals surface area contributed by atoms with Gasteiger partial charge in [-0.15, -0.1) is 0 Å². The summed E-state index contributed by atoms with van der Waals surface area (Å²) < 4.78 is 0. The van der Waals surface area contributed by atoms with Crippen LogP contribution in [-0.4, -0.2) is 12.4 Å². The molecule has 2 heteroatoms. The largest absolute Gasteiger partial charge is 0.256 e. The van der Waals surface area contributed by atoms with Crippen LogP contribution < -0.4 is 0 Å². The highest BCUT2D eigenvalue weighted by Crippen LogP contribution is 2.77. The molecule has 1 nitrogen and oxygen atoms in total. The van der Waals surface area contributed by atoms with Crippen molar-refractivity contribution in [3.05, 3.63) is 113 Å². The number of allylic oxidation sites excluding steroid dienone is 3. The molecule has 0 spiro atoms. The van der Waals surface area contributed by atoms with Crippen LogP contribution in [0.4, 0.5) is 5.69 Å². The quantitative estimate of drug-likeness (QED) is 0.317. The van der Waals surface area contributed by atoms with Crippen molar-refractivity contribution < 1.29 is 0 Å². The molecule has 0 N–H and O–H groups in total. The minimum Gasteiger partial charge on any atom is -0.256 e. The number of benzene rings is 3. The van der Waals surface area contributed by atoms with Crippen LogP contribution in [0.15, 0.2) is 107 Å². The second kappa shape index (κ2) is 7.25. The Hall–Kier alpha value is -2.76. The molecule has 3 aromatic rings. The summed E-state index contributed by atoms with van der Waals surface area (Å²) in [5.41, 5.74) is 6.81. The van der Waals surface area contributed by atoms with Gasteiger partial charge in [-0.2, -0.15) is 0 Å². The average molecular weight is 393 g/mol. The predicted octanol–water partition coefficient (Wildman–Crippen LogP) is 7.75. The van der Waals surface area contributed by atoms with Crippen molar-refractivity contribution in [3.8, 4) is 0 Å². The highest BCUT2D eigenvalue weighted by Gasteiger charge is 2.51. The number of hydrogen-bond acceptors (Lipinski definition) is 1. The summed E-state index contributed by atoms with van der Waals surface area (Å²) >= 11 is 0. The molecule has 2 aliphatic heterocycles. The van der Waals surface area contributed by atoms with Gasteiger partial charge in [-0.05, 0) is 55.2 Å². The van der Waals surface area contributed by atoms with Crippen molar-refractivity contribution in [2.24, 2.45) is 10.4 Å². The van der Waals surface area contributed by atoms with Crippen LogP contribution in [-0.2, 0) is 0 Å². The van der Waals surface area contributed by atoms with E-state index < -0.39 is 7.92 Å². The molecule has 0 aromatic heterocycles. The third kappa shape index (κ3) is 3.02. The summed E-state index contributed by atoms with van der Waals surface area (Å²) in [5, 5.41) is 2.99. The van der Waals surface area contributed by atoms with E-state index in [1.807, 2.05) is 18.2 Å². The molecule has 0 radical (unpaired) electrons. The number of hydrogen-bond donors (Lipinski definition) is 0. The third-order valence-corrected chi connectivity index (χ3v) is 9.23. The maximum atomic E-state index is 4.88. The Morgan fingerprint density at radius 3 is 1.97 bits per heavy atom. The summed E-state index contributed by atoms with van der Waals surface area (Å²) in [6.07, 6.45) is 3.35. The summed E-state index contributed by atoms with van der Waals surface area (Å²) in [4.78, 5) is 4.88. The minimum absolute atomic E-state index is 0.0796. The average Bonchev–Trinajstić information content (AvgIpc) is 3.21. The van der Waals surface area contributed by atoms with E-state index in [1.165, 1.54) is 33.7 Å². The lowest BCUT2D eigenvalue weighted by atomic mass is 9.74. The van der Waals surface area contributed by atoms with Crippen LogP contribution in [0, 0.1) is 5.41 Å². The first kappa shape index (κ1) is 18.3. The molecule has 0 saturated heterocycles. The van der Waals surface area contributed by atoms with Crippen LogP contribution in [0.2, 0.25) is 0 Å². The van der Waals surface area contributed by atoms with Crippen LogP contribution in [0.3, 0.4) is 0 Å². The fourth-order valence-electron chi connectivity index (χ4n) is 4.69. The zero-order valence-electron chi connectivity index (χ0n) is 16.8. The zero-order valence-corrected chi connectivity index (χ0v) is 17.7. The van der Waals surface area contributed by atoms with Crippen LogP contribution in [0.5, 0.6) is 0 Å². The molecular formula is C27H24NP. The Morgan fingerprint density at radius 2 is 1.34 bits per heavy atom. The van der Waals surface area contributed by atoms with E-state index >= 15 is 0 Å². The van der Waals surface area contributed by atoms with Gasteiger partial charge in [0.15, 0.2) is 0 Å². The Balaban J connectivity index is 1.67. The van der Waals surface area contributed by atoms with E-state index in [1.54, 1.807) is 5.31 Å². The monoisotopic (exact) mass is 393 g/mol. The fourth-order valence-corrected chi connectivity index (χ4v) is 8.24. The number of rotatable bonds is 4. The van der Waals surface area contributed by atoms with Crippen LogP contribution in [0.25, 0.3) is 10.9 Å². The summed E-state index contributed by atoms with van der Waals surface area (Å²) in [5.74, 6) is 0. The first-order chi connectivity index (χ1) is 14.2. The van der Waals surface area contributed by atoms with Crippen molar-refractivity contribution in [2.75, 3.05) is 6.16 Å². The first-order valence-electron chi connectivity index (χ1n) is 10.1. The lowest BCUT2D eigenvalue weighted by Crippen LogP contribution is -2.18. The van der Waals surface area contributed by atoms with E-state index in [0.29, 0.717) is 0 Å². The van der Waals surface area contributed by atoms with Gasteiger partial charge in [0, 0.05) is 16.9 Å². The van der Waals surface area contributed by atoms with E-state index in [4.69, 9.17) is 4.99 Å². The number of nitrogens with zero attached hydrogens (tertiary/aromatic N) is 1. The molecule has 142 valence electrons. The van der Waals surface area contributed by atoms with Gasteiger partial charge in [-0.25, -0.2) is 0 Å². The Kier molecular flexibility index (Phi) is 4.57. The van der Waals surface area contributed by atoms with Gasteiger partial charge in [0.1, 0.15) is 0 Å². The van der Waals surface area contributed by atoms with Gasteiger partial charge in [-0.3, -0.25) is 4.99 Å². The van der Waals surface area contributed by atoms with Crippen molar-refractivity contribution in [1.29, 1.82) is 0 Å². The highest BCUT2D eigenvalue weighted by atomic mass is 31.1. The summed E-state index contributed by atoms with van der Waals surface area (Å²) in [6.45, 7) is 4.78. The molecule has 0 aliphatic carbocycles. The van der Waals surface area contributed by atoms with Gasteiger partial charge < -0.3 is 0 Å². The van der Waals surface area contributed by atoms with Crippen molar-refractivity contribution >= 4 is 30.7 Å². The second-order valence-electron chi connectivity index (χ2n) is 7.98. The molecule has 0 saturated carbocycles. The third-order valence-electron chi connectivity index (χ3n) is 6.23. The maximum absolute atomic E-state index is 4.88. The van der Waals surface area contributed by atoms with E-state index in [0.717, 1.165) is 5.69 Å². The van der Waals surface area contributed by atoms with Gasteiger partial charge in [0.05, 0.1) is 5.69 Å². The molecule has 0 fully saturated rings. The van der Waals surface area contributed by atoms with Gasteiger partial charge in [0.25, 0.3) is 0 Å². The number of aliphatic imine (C=N–C) groups is 1. The molecule has 2 aliphatic rings. The van der Waals surface area contributed by atoms with E-state index in [2.05, 4.69) is 92.9 Å². The maximum Gasteiger partial charge on any atom is 0.0629 e. The normalized spacial score (nSPS) is 23.4. The Bertz CT molecular complexity index is 1130. The van der Waals surface area contributed by atoms with Gasteiger partial charge in [0.2, 0.25) is 0 Å². The first-order valence-corrected chi connectivity index (χ1v) is 11.6. The van der Waals surface area contributed by atoms with Gasteiger partial charge in [-0.1, -0.05) is 91.4 Å². The molecule has 5 rings (SSSR count). The molecule has 29 heavy (non-hydrogen) atoms. The highest BCUT2D eigenvalue weighted by molar-refractivity contribution is 7.74. The molecule has 3 aromatic carbocycles. The molecule has 2 atom stereocenters. The van der Waals surface area contributed by atoms with Crippen molar-refractivity contribution in [1.82, 2.24) is 0 Å². The molecular weight excluding hydrogens is 369 g/mol.